The van der Waals surface area contributed by atoms with E-state index in [-0.39, 0.29) is 17.9 Å². The molecule has 2 aromatic carbocycles. The van der Waals surface area contributed by atoms with Crippen LogP contribution in [0.2, 0.25) is 0 Å². The van der Waals surface area contributed by atoms with Gasteiger partial charge in [0, 0.05) is 12.4 Å². The Morgan fingerprint density at radius 1 is 1.20 bits per heavy atom. The number of anilines is 1. The highest BCUT2D eigenvalue weighted by Gasteiger charge is 2.14. The average Bonchev–Trinajstić information content (AvgIpc) is 2.59. The molecule has 0 aliphatic heterocycles. The summed E-state index contributed by atoms with van der Waals surface area (Å²) < 4.78 is 6.54. The van der Waals surface area contributed by atoms with Crippen molar-refractivity contribution in [1.29, 1.82) is 0 Å². The SMILES string of the molecule is COc1ccc(C)cc1NC(=O)Cc1nn(C)c(=O)c2ccccc12. The molecule has 0 fully saturated rings. The van der Waals surface area contributed by atoms with Crippen LogP contribution in [0.1, 0.15) is 11.3 Å². The number of aryl methyl sites for hydroxylation is 2. The highest BCUT2D eigenvalue weighted by molar-refractivity contribution is 5.96. The van der Waals surface area contributed by atoms with E-state index < -0.39 is 0 Å². The van der Waals surface area contributed by atoms with Crippen LogP contribution < -0.4 is 15.6 Å². The second kappa shape index (κ2) is 6.76. The van der Waals surface area contributed by atoms with Crippen molar-refractivity contribution in [3.05, 3.63) is 64.1 Å². The molecule has 3 aromatic rings. The van der Waals surface area contributed by atoms with Crippen molar-refractivity contribution in [3.8, 4) is 5.75 Å². The molecule has 25 heavy (non-hydrogen) atoms. The zero-order chi connectivity index (χ0) is 18.0. The van der Waals surface area contributed by atoms with Crippen molar-refractivity contribution < 1.29 is 9.53 Å². The quantitative estimate of drug-likeness (QED) is 0.793. The fourth-order valence-electron chi connectivity index (χ4n) is 2.77. The Labute approximate surface area is 145 Å². The third kappa shape index (κ3) is 3.38. The Hall–Kier alpha value is -3.15. The van der Waals surface area contributed by atoms with E-state index in [1.165, 1.54) is 4.68 Å². The molecule has 0 bridgehead atoms. The van der Waals surface area contributed by atoms with Gasteiger partial charge in [-0.2, -0.15) is 5.10 Å². The van der Waals surface area contributed by atoms with Crippen LogP contribution in [0.3, 0.4) is 0 Å². The number of carbonyl (C=O) groups is 1. The van der Waals surface area contributed by atoms with Gasteiger partial charge in [-0.05, 0) is 30.7 Å². The molecule has 0 aliphatic carbocycles. The topological polar surface area (TPSA) is 73.2 Å². The molecular weight excluding hydrogens is 318 g/mol. The number of carbonyl (C=O) groups excluding carboxylic acids is 1. The van der Waals surface area contributed by atoms with Gasteiger partial charge in [0.1, 0.15) is 5.75 Å². The van der Waals surface area contributed by atoms with Crippen LogP contribution in [0.25, 0.3) is 10.8 Å². The molecule has 6 nitrogen and oxygen atoms in total. The Morgan fingerprint density at radius 3 is 2.64 bits per heavy atom. The second-order valence-electron chi connectivity index (χ2n) is 5.85. The summed E-state index contributed by atoms with van der Waals surface area (Å²) in [6.07, 6.45) is 0.0612. The lowest BCUT2D eigenvalue weighted by atomic mass is 10.1. The molecule has 128 valence electrons. The molecule has 0 radical (unpaired) electrons. The van der Waals surface area contributed by atoms with Gasteiger partial charge in [0.05, 0.1) is 30.3 Å². The normalized spacial score (nSPS) is 10.7. The van der Waals surface area contributed by atoms with Crippen LogP contribution in [0.4, 0.5) is 5.69 Å². The number of rotatable bonds is 4. The Bertz CT molecular complexity index is 1010. The second-order valence-corrected chi connectivity index (χ2v) is 5.85. The van der Waals surface area contributed by atoms with E-state index in [0.717, 1.165) is 5.56 Å². The van der Waals surface area contributed by atoms with Crippen molar-refractivity contribution in [2.24, 2.45) is 7.05 Å². The first-order valence-corrected chi connectivity index (χ1v) is 7.89. The van der Waals surface area contributed by atoms with E-state index in [1.807, 2.05) is 31.2 Å². The lowest BCUT2D eigenvalue weighted by Crippen LogP contribution is -2.24. The molecule has 1 N–H and O–H groups in total. The number of ether oxygens (including phenoxy) is 1. The van der Waals surface area contributed by atoms with Crippen molar-refractivity contribution in [3.63, 3.8) is 0 Å². The number of methoxy groups -OCH3 is 1. The zero-order valence-electron chi connectivity index (χ0n) is 14.4. The zero-order valence-corrected chi connectivity index (χ0v) is 14.4. The lowest BCUT2D eigenvalue weighted by molar-refractivity contribution is -0.115. The number of fused-ring (bicyclic) bond motifs is 1. The highest BCUT2D eigenvalue weighted by Crippen LogP contribution is 2.25. The van der Waals surface area contributed by atoms with Gasteiger partial charge in [0.15, 0.2) is 0 Å². The number of aromatic nitrogens is 2. The minimum absolute atomic E-state index is 0.0612. The van der Waals surface area contributed by atoms with Crippen molar-refractivity contribution in [1.82, 2.24) is 9.78 Å². The summed E-state index contributed by atoms with van der Waals surface area (Å²) in [6, 6.07) is 12.7. The minimum atomic E-state index is -0.222. The van der Waals surface area contributed by atoms with Gasteiger partial charge in [0.2, 0.25) is 5.91 Å². The first kappa shape index (κ1) is 16.7. The van der Waals surface area contributed by atoms with E-state index in [4.69, 9.17) is 4.74 Å². The number of benzene rings is 2. The largest absolute Gasteiger partial charge is 0.495 e. The maximum absolute atomic E-state index is 12.5. The summed E-state index contributed by atoms with van der Waals surface area (Å²) in [4.78, 5) is 24.7. The lowest BCUT2D eigenvalue weighted by Gasteiger charge is -2.12. The molecule has 0 atom stereocenters. The smallest absolute Gasteiger partial charge is 0.274 e. The molecule has 3 rings (SSSR count). The Kier molecular flexibility index (Phi) is 4.52. The number of amides is 1. The molecule has 0 unspecified atom stereocenters. The van der Waals surface area contributed by atoms with Crippen LogP contribution in [0.15, 0.2) is 47.3 Å². The van der Waals surface area contributed by atoms with Crippen LogP contribution in [-0.2, 0) is 18.3 Å². The minimum Gasteiger partial charge on any atom is -0.495 e. The van der Waals surface area contributed by atoms with Gasteiger partial charge in [-0.3, -0.25) is 9.59 Å². The first-order valence-electron chi connectivity index (χ1n) is 7.89. The predicted octanol–water partition coefficient (Wildman–Crippen LogP) is 2.43. The Morgan fingerprint density at radius 2 is 1.92 bits per heavy atom. The number of hydrogen-bond donors (Lipinski definition) is 1. The summed E-state index contributed by atoms with van der Waals surface area (Å²) in [5, 5.41) is 8.36. The summed E-state index contributed by atoms with van der Waals surface area (Å²) in [5.74, 6) is 0.373. The average molecular weight is 337 g/mol. The van der Waals surface area contributed by atoms with E-state index in [2.05, 4.69) is 10.4 Å². The fourth-order valence-corrected chi connectivity index (χ4v) is 2.77. The van der Waals surface area contributed by atoms with Crippen LogP contribution in [0.5, 0.6) is 5.75 Å². The fraction of sp³-hybridized carbons (Fsp3) is 0.211. The van der Waals surface area contributed by atoms with Gasteiger partial charge in [0.25, 0.3) is 5.56 Å². The van der Waals surface area contributed by atoms with E-state index in [1.54, 1.807) is 32.4 Å². The molecule has 1 aromatic heterocycles. The molecular formula is C19H19N3O3. The van der Waals surface area contributed by atoms with E-state index >= 15 is 0 Å². The first-order chi connectivity index (χ1) is 12.0. The summed E-state index contributed by atoms with van der Waals surface area (Å²) in [5.41, 5.74) is 2.00. The molecule has 0 saturated heterocycles. The summed E-state index contributed by atoms with van der Waals surface area (Å²) >= 11 is 0. The maximum atomic E-state index is 12.5. The van der Waals surface area contributed by atoms with Crippen LogP contribution in [0, 0.1) is 6.92 Å². The summed E-state index contributed by atoms with van der Waals surface area (Å²) in [7, 11) is 3.14. The van der Waals surface area contributed by atoms with Gasteiger partial charge in [-0.25, -0.2) is 4.68 Å². The van der Waals surface area contributed by atoms with Crippen LogP contribution in [-0.4, -0.2) is 22.8 Å². The monoisotopic (exact) mass is 337 g/mol. The molecule has 0 spiro atoms. The predicted molar refractivity (Wildman–Crippen MR) is 97.0 cm³/mol. The Balaban J connectivity index is 1.92. The maximum Gasteiger partial charge on any atom is 0.274 e. The van der Waals surface area contributed by atoms with E-state index in [0.29, 0.717) is 27.9 Å². The molecule has 0 saturated carbocycles. The van der Waals surface area contributed by atoms with Crippen molar-refractivity contribution in [2.45, 2.75) is 13.3 Å². The number of hydrogen-bond acceptors (Lipinski definition) is 4. The van der Waals surface area contributed by atoms with Crippen LogP contribution >= 0.6 is 0 Å². The molecule has 0 aliphatic rings. The number of nitrogens with one attached hydrogen (secondary N) is 1. The van der Waals surface area contributed by atoms with Gasteiger partial charge in [-0.15, -0.1) is 0 Å². The number of nitrogens with zero attached hydrogens (tertiary/aromatic N) is 2. The summed E-state index contributed by atoms with van der Waals surface area (Å²) in [6.45, 7) is 1.94. The third-order valence-corrected chi connectivity index (χ3v) is 3.99. The third-order valence-electron chi connectivity index (χ3n) is 3.99. The van der Waals surface area contributed by atoms with Crippen molar-refractivity contribution >= 4 is 22.4 Å². The molecule has 6 heteroatoms. The standard InChI is InChI=1S/C19H19N3O3/c1-12-8-9-17(25-3)16(10-12)20-18(23)11-15-13-6-4-5-7-14(13)19(24)22(2)21-15/h4-10H,11H2,1-3H3,(H,20,23). The van der Waals surface area contributed by atoms with Gasteiger partial charge < -0.3 is 10.1 Å². The highest BCUT2D eigenvalue weighted by atomic mass is 16.5. The van der Waals surface area contributed by atoms with E-state index in [9.17, 15) is 9.59 Å². The molecule has 1 amide bonds. The van der Waals surface area contributed by atoms with Crippen molar-refractivity contribution in [2.75, 3.05) is 12.4 Å². The molecule has 1 heterocycles. The van der Waals surface area contributed by atoms with Gasteiger partial charge in [-0.1, -0.05) is 24.3 Å². The van der Waals surface area contributed by atoms with Gasteiger partial charge >= 0.3 is 0 Å².